The van der Waals surface area contributed by atoms with Gasteiger partial charge in [0.25, 0.3) is 0 Å². The number of rotatable bonds is 7. The number of carbonyl (C=O) groups is 1. The monoisotopic (exact) mass is 658 g/mol. The highest BCUT2D eigenvalue weighted by Gasteiger charge is 2.50. The molecule has 9 nitrogen and oxygen atoms in total. The molecule has 4 atom stereocenters. The van der Waals surface area contributed by atoms with Crippen LogP contribution in [-0.2, 0) is 4.74 Å². The van der Waals surface area contributed by atoms with E-state index in [0.29, 0.717) is 46.8 Å². The lowest BCUT2D eigenvalue weighted by Crippen LogP contribution is -2.48. The number of nitrogens with zero attached hydrogens (tertiary/aromatic N) is 6. The number of halogens is 2. The minimum Gasteiger partial charge on any atom is -0.461 e. The van der Waals surface area contributed by atoms with Gasteiger partial charge in [0.05, 0.1) is 10.9 Å². The van der Waals surface area contributed by atoms with Gasteiger partial charge in [-0.25, -0.2) is 9.18 Å². The van der Waals surface area contributed by atoms with Crippen molar-refractivity contribution in [1.82, 2.24) is 24.8 Å². The van der Waals surface area contributed by atoms with Crippen molar-refractivity contribution in [3.63, 3.8) is 0 Å². The molecule has 0 radical (unpaired) electrons. The summed E-state index contributed by atoms with van der Waals surface area (Å²) in [7, 11) is 3.38. The Morgan fingerprint density at radius 2 is 1.87 bits per heavy atom. The lowest BCUT2D eigenvalue weighted by atomic mass is 9.95. The van der Waals surface area contributed by atoms with E-state index in [-0.39, 0.29) is 34.9 Å². The average Bonchev–Trinajstić information content (AvgIpc) is 3.75. The fourth-order valence-corrected chi connectivity index (χ4v) is 8.96. The van der Waals surface area contributed by atoms with E-state index in [1.165, 1.54) is 24.2 Å². The van der Waals surface area contributed by atoms with Gasteiger partial charge in [0.1, 0.15) is 30.2 Å². The van der Waals surface area contributed by atoms with Crippen molar-refractivity contribution in [3.8, 4) is 17.3 Å². The minimum absolute atomic E-state index is 0.139. The maximum Gasteiger partial charge on any atom is 0.409 e. The second-order valence-corrected chi connectivity index (χ2v) is 14.5. The molecule has 0 spiro atoms. The van der Waals surface area contributed by atoms with Crippen LogP contribution in [0, 0.1) is 17.7 Å². The lowest BCUT2D eigenvalue weighted by Gasteiger charge is -2.35. The van der Waals surface area contributed by atoms with E-state index >= 15 is 4.39 Å². The molecular weight excluding hydrogens is 619 g/mol. The highest BCUT2D eigenvalue weighted by Crippen LogP contribution is 2.44. The van der Waals surface area contributed by atoms with Crippen molar-refractivity contribution in [2.75, 3.05) is 51.8 Å². The van der Waals surface area contributed by atoms with Crippen molar-refractivity contribution in [2.24, 2.45) is 11.8 Å². The second-order valence-electron chi connectivity index (χ2n) is 14.1. The fraction of sp³-hybridized carbons (Fsp3) is 0.500. The normalized spacial score (nSPS) is 25.4. The second kappa shape index (κ2) is 12.0. The first-order valence-corrected chi connectivity index (χ1v) is 17.2. The van der Waals surface area contributed by atoms with Crippen LogP contribution in [0.25, 0.3) is 32.9 Å². The van der Waals surface area contributed by atoms with Crippen LogP contribution >= 0.6 is 11.6 Å². The van der Waals surface area contributed by atoms with Gasteiger partial charge in [-0.05, 0) is 74.8 Å². The number of aromatic nitrogens is 3. The Morgan fingerprint density at radius 3 is 2.66 bits per heavy atom. The number of anilines is 1. The van der Waals surface area contributed by atoms with Crippen molar-refractivity contribution in [3.05, 3.63) is 53.4 Å². The third kappa shape index (κ3) is 5.43. The summed E-state index contributed by atoms with van der Waals surface area (Å²) in [5, 5.41) is 2.81. The summed E-state index contributed by atoms with van der Waals surface area (Å²) in [5.74, 6) is 1.41. The van der Waals surface area contributed by atoms with Crippen LogP contribution < -0.4 is 9.64 Å². The van der Waals surface area contributed by atoms with Gasteiger partial charge in [0.15, 0.2) is 5.82 Å². The van der Waals surface area contributed by atoms with Gasteiger partial charge in [-0.15, -0.1) is 0 Å². The Bertz CT molecular complexity index is 1840. The SMILES string of the molecule is CN(C)C(=O)OC[C@H]1CC[C@@]2(COc3nc(N4CC5CCC(C5)C4)c4cnc(-c5cccc6cccc(Cl)c56)c(F)c4n3)CCCN12. The predicted octanol–water partition coefficient (Wildman–Crippen LogP) is 6.95. The molecule has 2 bridgehead atoms. The fourth-order valence-electron chi connectivity index (χ4n) is 8.67. The summed E-state index contributed by atoms with van der Waals surface area (Å²) in [5.41, 5.74) is 0.841. The van der Waals surface area contributed by atoms with Crippen LogP contribution in [-0.4, -0.2) is 89.4 Å². The van der Waals surface area contributed by atoms with Crippen molar-refractivity contribution in [2.45, 2.75) is 56.5 Å². The Labute approximate surface area is 279 Å². The maximum absolute atomic E-state index is 16.8. The molecule has 246 valence electrons. The summed E-state index contributed by atoms with van der Waals surface area (Å²) < 4.78 is 28.9. The van der Waals surface area contributed by atoms with Gasteiger partial charge in [-0.2, -0.15) is 9.97 Å². The summed E-state index contributed by atoms with van der Waals surface area (Å²) in [6.45, 7) is 3.43. The van der Waals surface area contributed by atoms with Gasteiger partial charge in [0, 0.05) is 55.4 Å². The molecule has 47 heavy (non-hydrogen) atoms. The molecule has 4 aliphatic rings. The van der Waals surface area contributed by atoms with Crippen LogP contribution in [0.15, 0.2) is 42.6 Å². The van der Waals surface area contributed by atoms with E-state index in [1.807, 2.05) is 36.4 Å². The largest absolute Gasteiger partial charge is 0.461 e. The number of piperidine rings is 1. The molecule has 4 aromatic rings. The maximum atomic E-state index is 16.8. The van der Waals surface area contributed by atoms with Gasteiger partial charge < -0.3 is 19.3 Å². The molecule has 2 aromatic heterocycles. The van der Waals surface area contributed by atoms with Crippen molar-refractivity contribution >= 4 is 45.2 Å². The van der Waals surface area contributed by atoms with Crippen LogP contribution in [0.4, 0.5) is 15.0 Å². The molecular formula is C36H40ClFN6O3. The van der Waals surface area contributed by atoms with E-state index in [1.54, 1.807) is 20.3 Å². The van der Waals surface area contributed by atoms with Crippen molar-refractivity contribution in [1.29, 1.82) is 0 Å². The van der Waals surface area contributed by atoms with E-state index in [0.717, 1.165) is 56.1 Å². The molecule has 8 rings (SSSR count). The molecule has 1 saturated carbocycles. The molecule has 3 aliphatic heterocycles. The third-order valence-electron chi connectivity index (χ3n) is 10.9. The molecule has 11 heteroatoms. The molecule has 0 N–H and O–H groups in total. The Morgan fingerprint density at radius 1 is 1.09 bits per heavy atom. The Kier molecular flexibility index (Phi) is 7.83. The van der Waals surface area contributed by atoms with Gasteiger partial charge in [-0.1, -0.05) is 41.9 Å². The number of ether oxygens (including phenoxy) is 2. The third-order valence-corrected chi connectivity index (χ3v) is 11.2. The number of carbonyl (C=O) groups excluding carboxylic acids is 1. The van der Waals surface area contributed by atoms with Crippen LogP contribution in [0.1, 0.15) is 44.9 Å². The lowest BCUT2D eigenvalue weighted by molar-refractivity contribution is 0.0484. The number of amides is 1. The number of fused-ring (bicyclic) bond motifs is 5. The average molecular weight is 659 g/mol. The summed E-state index contributed by atoms with van der Waals surface area (Å²) in [4.78, 5) is 32.7. The molecule has 2 unspecified atom stereocenters. The quantitative estimate of drug-likeness (QED) is 0.211. The number of benzene rings is 2. The van der Waals surface area contributed by atoms with Gasteiger partial charge in [-0.3, -0.25) is 9.88 Å². The first-order valence-electron chi connectivity index (χ1n) is 16.8. The van der Waals surface area contributed by atoms with E-state index in [9.17, 15) is 4.79 Å². The standard InChI is InChI=1S/C36H40ClFN6O3/c1-42(2)35(45)46-20-25-12-14-36(13-5-15-44(25)36)21-47-34-40-32-27(33(41-34)43-18-22-10-11-23(16-22)19-43)17-39-31(30(32)38)26-8-3-6-24-7-4-9-28(37)29(24)26/h3-4,6-9,17,22-23,25H,5,10-16,18-21H2,1-2H3/t22?,23?,25-,36-/m1/s1. The number of hydrogen-bond donors (Lipinski definition) is 0. The van der Waals surface area contributed by atoms with E-state index in [4.69, 9.17) is 31.0 Å². The molecule has 5 heterocycles. The highest BCUT2D eigenvalue weighted by molar-refractivity contribution is 6.36. The van der Waals surface area contributed by atoms with Crippen LogP contribution in [0.2, 0.25) is 5.02 Å². The zero-order valence-electron chi connectivity index (χ0n) is 26.9. The summed E-state index contributed by atoms with van der Waals surface area (Å²) in [6.07, 6.45) is 8.93. The van der Waals surface area contributed by atoms with Gasteiger partial charge in [0.2, 0.25) is 0 Å². The molecule has 3 saturated heterocycles. The Hall–Kier alpha value is -3.76. The van der Waals surface area contributed by atoms with E-state index < -0.39 is 5.82 Å². The summed E-state index contributed by atoms with van der Waals surface area (Å²) >= 11 is 6.64. The predicted molar refractivity (Wildman–Crippen MR) is 181 cm³/mol. The highest BCUT2D eigenvalue weighted by atomic mass is 35.5. The smallest absolute Gasteiger partial charge is 0.409 e. The molecule has 1 amide bonds. The van der Waals surface area contributed by atoms with Gasteiger partial charge >= 0.3 is 12.1 Å². The first-order chi connectivity index (χ1) is 22.8. The molecule has 4 fully saturated rings. The van der Waals surface area contributed by atoms with E-state index in [2.05, 4.69) is 14.8 Å². The van der Waals surface area contributed by atoms with Crippen LogP contribution in [0.5, 0.6) is 6.01 Å². The topological polar surface area (TPSA) is 83.9 Å². The zero-order valence-corrected chi connectivity index (χ0v) is 27.7. The zero-order chi connectivity index (χ0) is 32.3. The Balaban J connectivity index is 1.15. The minimum atomic E-state index is -0.507. The summed E-state index contributed by atoms with van der Waals surface area (Å²) in [6, 6.07) is 11.7. The number of hydrogen-bond acceptors (Lipinski definition) is 8. The first kappa shape index (κ1) is 30.6. The van der Waals surface area contributed by atoms with Crippen LogP contribution in [0.3, 0.4) is 0 Å². The van der Waals surface area contributed by atoms with Crippen molar-refractivity contribution < 1.29 is 18.7 Å². The molecule has 1 aliphatic carbocycles. The number of pyridine rings is 1. The molecule has 2 aromatic carbocycles.